The van der Waals surface area contributed by atoms with Gasteiger partial charge in [0.1, 0.15) is 5.76 Å². The van der Waals surface area contributed by atoms with Gasteiger partial charge in [-0.3, -0.25) is 10.1 Å². The van der Waals surface area contributed by atoms with Crippen molar-refractivity contribution in [2.75, 3.05) is 36.4 Å². The number of thiocarbonyl (C=S) groups is 1. The van der Waals surface area contributed by atoms with Crippen molar-refractivity contribution in [3.63, 3.8) is 0 Å². The fourth-order valence-corrected chi connectivity index (χ4v) is 6.54. The van der Waals surface area contributed by atoms with Gasteiger partial charge < -0.3 is 14.6 Å². The van der Waals surface area contributed by atoms with Crippen LogP contribution in [0.3, 0.4) is 0 Å². The van der Waals surface area contributed by atoms with E-state index in [1.165, 1.54) is 4.31 Å². The Kier molecular flexibility index (Phi) is 8.67. The fourth-order valence-electron chi connectivity index (χ4n) is 4.50. The molecule has 1 aliphatic rings. The number of carbonyl (C=O) groups excluding carboxylic acids is 1. The van der Waals surface area contributed by atoms with Crippen molar-refractivity contribution < 1.29 is 17.6 Å². The van der Waals surface area contributed by atoms with Crippen molar-refractivity contribution in [3.05, 3.63) is 100 Å². The zero-order valence-corrected chi connectivity index (χ0v) is 25.1. The molecular formula is C29H26Cl2N4O4S2. The molecule has 1 saturated heterocycles. The molecule has 8 nitrogen and oxygen atoms in total. The number of halogens is 2. The molecule has 0 radical (unpaired) electrons. The second-order valence-corrected chi connectivity index (χ2v) is 12.6. The molecule has 41 heavy (non-hydrogen) atoms. The topological polar surface area (TPSA) is 94.9 Å². The molecule has 0 aliphatic carbocycles. The van der Waals surface area contributed by atoms with Gasteiger partial charge >= 0.3 is 0 Å². The lowest BCUT2D eigenvalue weighted by Gasteiger charge is -2.36. The highest BCUT2D eigenvalue weighted by atomic mass is 35.5. The van der Waals surface area contributed by atoms with E-state index >= 15 is 0 Å². The van der Waals surface area contributed by atoms with Gasteiger partial charge in [-0.05, 0) is 79.8 Å². The average molecular weight is 630 g/mol. The number of benzene rings is 3. The highest BCUT2D eigenvalue weighted by Gasteiger charge is 2.30. The number of nitrogens with zero attached hydrogens (tertiary/aromatic N) is 2. The summed E-state index contributed by atoms with van der Waals surface area (Å²) in [6.45, 7) is 3.33. The SMILES string of the molecule is Cc1ccc(S(=O)(=O)N2CCN(c3c(Cl)cccc3NC(=S)NC(=O)c3ccc(-c4ccc(Cl)cc4)o3)CC2)cc1. The minimum atomic E-state index is -3.61. The number of anilines is 2. The van der Waals surface area contributed by atoms with Crippen LogP contribution in [0.2, 0.25) is 10.0 Å². The predicted octanol–water partition coefficient (Wildman–Crippen LogP) is 6.20. The van der Waals surface area contributed by atoms with Crippen molar-refractivity contribution in [1.82, 2.24) is 9.62 Å². The maximum Gasteiger partial charge on any atom is 0.293 e. The molecule has 12 heteroatoms. The summed E-state index contributed by atoms with van der Waals surface area (Å²) in [5, 5.41) is 6.82. The quantitative estimate of drug-likeness (QED) is 0.246. The molecule has 1 fully saturated rings. The number of para-hydroxylation sites is 1. The van der Waals surface area contributed by atoms with Gasteiger partial charge in [0.05, 0.1) is 21.3 Å². The van der Waals surface area contributed by atoms with E-state index in [0.29, 0.717) is 40.3 Å². The smallest absolute Gasteiger partial charge is 0.293 e. The molecule has 1 aromatic heterocycles. The maximum absolute atomic E-state index is 13.1. The predicted molar refractivity (Wildman–Crippen MR) is 166 cm³/mol. The Hall–Kier alpha value is -3.41. The molecule has 212 valence electrons. The highest BCUT2D eigenvalue weighted by molar-refractivity contribution is 7.89. The molecule has 1 aliphatic heterocycles. The number of nitrogens with one attached hydrogen (secondary N) is 2. The van der Waals surface area contributed by atoms with E-state index in [0.717, 1.165) is 11.1 Å². The first-order valence-corrected chi connectivity index (χ1v) is 15.3. The number of piperazine rings is 1. The molecule has 4 aromatic rings. The monoisotopic (exact) mass is 628 g/mol. The Morgan fingerprint density at radius 3 is 2.27 bits per heavy atom. The number of hydrogen-bond donors (Lipinski definition) is 2. The second kappa shape index (κ2) is 12.2. The van der Waals surface area contributed by atoms with Crippen LogP contribution in [0.4, 0.5) is 11.4 Å². The summed E-state index contributed by atoms with van der Waals surface area (Å²) in [4.78, 5) is 15.1. The van der Waals surface area contributed by atoms with Crippen molar-refractivity contribution in [2.24, 2.45) is 0 Å². The minimum Gasteiger partial charge on any atom is -0.451 e. The summed E-state index contributed by atoms with van der Waals surface area (Å²) in [6.07, 6.45) is 0. The molecule has 0 spiro atoms. The zero-order chi connectivity index (χ0) is 29.1. The number of sulfonamides is 1. The van der Waals surface area contributed by atoms with E-state index in [1.54, 1.807) is 78.9 Å². The third-order valence-electron chi connectivity index (χ3n) is 6.63. The van der Waals surface area contributed by atoms with Crippen LogP contribution in [0.1, 0.15) is 16.1 Å². The lowest BCUT2D eigenvalue weighted by Crippen LogP contribution is -2.49. The van der Waals surface area contributed by atoms with Crippen molar-refractivity contribution in [1.29, 1.82) is 0 Å². The number of amides is 1. The number of rotatable bonds is 6. The van der Waals surface area contributed by atoms with E-state index in [2.05, 4.69) is 10.6 Å². The Morgan fingerprint density at radius 2 is 1.59 bits per heavy atom. The summed E-state index contributed by atoms with van der Waals surface area (Å²) < 4.78 is 33.5. The molecule has 2 heterocycles. The van der Waals surface area contributed by atoms with Crippen molar-refractivity contribution in [2.45, 2.75) is 11.8 Å². The molecule has 1 amide bonds. The van der Waals surface area contributed by atoms with Crippen LogP contribution in [0.5, 0.6) is 0 Å². The van der Waals surface area contributed by atoms with Crippen LogP contribution in [0, 0.1) is 6.92 Å². The summed E-state index contributed by atoms with van der Waals surface area (Å²) >= 11 is 17.9. The van der Waals surface area contributed by atoms with Gasteiger partial charge in [-0.25, -0.2) is 8.42 Å². The third-order valence-corrected chi connectivity index (χ3v) is 9.31. The van der Waals surface area contributed by atoms with Crippen molar-refractivity contribution >= 4 is 67.8 Å². The largest absolute Gasteiger partial charge is 0.451 e. The first kappa shape index (κ1) is 29.1. The first-order valence-electron chi connectivity index (χ1n) is 12.7. The standard InChI is InChI=1S/C29H26Cl2N4O4S2/c1-19-5-11-22(12-6-19)41(37,38)35-17-15-34(16-18-35)27-23(31)3-2-4-24(27)32-29(40)33-28(36)26-14-13-25(39-26)20-7-9-21(30)10-8-20/h2-14H,15-18H2,1H3,(H2,32,33,36,40). The van der Waals surface area contributed by atoms with Crippen LogP contribution in [-0.2, 0) is 10.0 Å². The number of carbonyl (C=O) groups is 1. The molecular weight excluding hydrogens is 603 g/mol. The molecule has 2 N–H and O–H groups in total. The van der Waals surface area contributed by atoms with Gasteiger partial charge in [0.25, 0.3) is 5.91 Å². The maximum atomic E-state index is 13.1. The van der Waals surface area contributed by atoms with E-state index < -0.39 is 15.9 Å². The van der Waals surface area contributed by atoms with Gasteiger partial charge in [-0.15, -0.1) is 0 Å². The zero-order valence-electron chi connectivity index (χ0n) is 21.9. The Labute approximate surface area is 253 Å². The molecule has 0 unspecified atom stereocenters. The summed E-state index contributed by atoms with van der Waals surface area (Å²) in [7, 11) is -3.61. The molecule has 3 aromatic carbocycles. The lowest BCUT2D eigenvalue weighted by molar-refractivity contribution is 0.0951. The summed E-state index contributed by atoms with van der Waals surface area (Å²) in [5.41, 5.74) is 3.03. The lowest BCUT2D eigenvalue weighted by atomic mass is 10.2. The van der Waals surface area contributed by atoms with Crippen LogP contribution in [0.25, 0.3) is 11.3 Å². The van der Waals surface area contributed by atoms with Gasteiger partial charge in [0.15, 0.2) is 10.9 Å². The molecule has 0 saturated carbocycles. The van der Waals surface area contributed by atoms with Gasteiger partial charge in [-0.2, -0.15) is 4.31 Å². The Balaban J connectivity index is 1.24. The van der Waals surface area contributed by atoms with Gasteiger partial charge in [0, 0.05) is 36.8 Å². The second-order valence-electron chi connectivity index (χ2n) is 9.42. The average Bonchev–Trinajstić information content (AvgIpc) is 3.45. The number of furan rings is 1. The van der Waals surface area contributed by atoms with Crippen LogP contribution in [0.15, 0.2) is 88.2 Å². The normalized spacial score (nSPS) is 14.1. The Bertz CT molecular complexity index is 1680. The highest BCUT2D eigenvalue weighted by Crippen LogP contribution is 2.35. The molecule has 0 atom stereocenters. The molecule has 0 bridgehead atoms. The first-order chi connectivity index (χ1) is 19.6. The number of hydrogen-bond acceptors (Lipinski definition) is 6. The van der Waals surface area contributed by atoms with Crippen LogP contribution < -0.4 is 15.5 Å². The third kappa shape index (κ3) is 6.58. The van der Waals surface area contributed by atoms with Crippen molar-refractivity contribution in [3.8, 4) is 11.3 Å². The fraction of sp³-hybridized carbons (Fsp3) is 0.172. The van der Waals surface area contributed by atoms with E-state index in [1.807, 2.05) is 11.8 Å². The summed E-state index contributed by atoms with van der Waals surface area (Å²) in [6, 6.07) is 22.5. The van der Waals surface area contributed by atoms with E-state index in [-0.39, 0.29) is 28.9 Å². The molecule has 5 rings (SSSR count). The number of aryl methyl sites for hydroxylation is 1. The van der Waals surface area contributed by atoms with Crippen LogP contribution >= 0.6 is 35.4 Å². The van der Waals surface area contributed by atoms with E-state index in [9.17, 15) is 13.2 Å². The Morgan fingerprint density at radius 1 is 0.902 bits per heavy atom. The minimum absolute atomic E-state index is 0.0588. The summed E-state index contributed by atoms with van der Waals surface area (Å²) in [5.74, 6) is 0.101. The van der Waals surface area contributed by atoms with Gasteiger partial charge in [0.2, 0.25) is 10.0 Å². The van der Waals surface area contributed by atoms with Gasteiger partial charge in [-0.1, -0.05) is 47.0 Å². The van der Waals surface area contributed by atoms with Crippen LogP contribution in [-0.4, -0.2) is 49.9 Å². The van der Waals surface area contributed by atoms with E-state index in [4.69, 9.17) is 39.8 Å².